The molecule has 0 N–H and O–H groups in total. The Kier molecular flexibility index (Phi) is 7.48. The number of methoxy groups -OCH3 is 3. The summed E-state index contributed by atoms with van der Waals surface area (Å²) in [5.74, 6) is 2.30. The highest BCUT2D eigenvalue weighted by molar-refractivity contribution is 6.39. The quantitative estimate of drug-likeness (QED) is 0.183. The maximum atomic E-state index is 14.5. The van der Waals surface area contributed by atoms with Gasteiger partial charge in [0.25, 0.3) is 5.91 Å². The molecule has 0 aromatic heterocycles. The van der Waals surface area contributed by atoms with Crippen molar-refractivity contribution >= 4 is 22.7 Å². The molecule has 0 saturated heterocycles. The molecule has 1 aliphatic heterocycles. The minimum absolute atomic E-state index is 0.0395. The Morgan fingerprint density at radius 2 is 1.12 bits per heavy atom. The molecule has 0 unspecified atom stereocenters. The normalized spacial score (nSPS) is 13.5. The van der Waals surface area contributed by atoms with Crippen molar-refractivity contribution in [3.05, 3.63) is 144 Å². The van der Waals surface area contributed by atoms with Crippen LogP contribution in [0, 0.1) is 0 Å². The first-order valence-electron chi connectivity index (χ1n) is 13.8. The zero-order valence-electron chi connectivity index (χ0n) is 23.8. The Balaban J connectivity index is 1.56. The van der Waals surface area contributed by atoms with E-state index in [-0.39, 0.29) is 5.91 Å². The molecule has 6 rings (SSSR count). The van der Waals surface area contributed by atoms with Crippen LogP contribution in [0.3, 0.4) is 0 Å². The van der Waals surface area contributed by atoms with Crippen LogP contribution in [0.5, 0.6) is 17.2 Å². The zero-order chi connectivity index (χ0) is 29.1. The van der Waals surface area contributed by atoms with E-state index in [1.807, 2.05) is 95.9 Å². The van der Waals surface area contributed by atoms with Crippen LogP contribution in [0.4, 0.5) is 5.69 Å². The van der Waals surface area contributed by atoms with E-state index < -0.39 is 0 Å². The van der Waals surface area contributed by atoms with E-state index in [9.17, 15) is 4.79 Å². The van der Waals surface area contributed by atoms with Crippen LogP contribution < -0.4 is 19.1 Å². The molecular weight excluding hydrogens is 522 g/mol. The van der Waals surface area contributed by atoms with Gasteiger partial charge >= 0.3 is 0 Å². The third-order valence-electron chi connectivity index (χ3n) is 7.63. The second-order valence-corrected chi connectivity index (χ2v) is 10.0. The summed E-state index contributed by atoms with van der Waals surface area (Å²) < 4.78 is 16.1. The molecular formula is C37H31NO4. The Labute approximate surface area is 246 Å². The molecule has 5 aromatic carbocycles. The molecule has 0 aliphatic carbocycles. The molecule has 5 aromatic rings. The summed E-state index contributed by atoms with van der Waals surface area (Å²) >= 11 is 0. The van der Waals surface area contributed by atoms with Crippen molar-refractivity contribution in [3.8, 4) is 28.4 Å². The molecule has 0 bridgehead atoms. The summed E-state index contributed by atoms with van der Waals surface area (Å²) in [6.07, 6.45) is 0. The van der Waals surface area contributed by atoms with Crippen molar-refractivity contribution in [2.24, 2.45) is 0 Å². The fraction of sp³-hybridized carbons (Fsp3) is 0.108. The van der Waals surface area contributed by atoms with Crippen molar-refractivity contribution in [2.45, 2.75) is 6.54 Å². The minimum Gasteiger partial charge on any atom is -0.497 e. The molecule has 1 heterocycles. The predicted octanol–water partition coefficient (Wildman–Crippen LogP) is 7.89. The first-order valence-corrected chi connectivity index (χ1v) is 13.8. The van der Waals surface area contributed by atoms with E-state index in [0.717, 1.165) is 61.9 Å². The van der Waals surface area contributed by atoms with Crippen molar-refractivity contribution in [1.82, 2.24) is 0 Å². The Morgan fingerprint density at radius 3 is 1.71 bits per heavy atom. The molecule has 1 aliphatic rings. The maximum Gasteiger partial charge on any atom is 0.259 e. The van der Waals surface area contributed by atoms with Gasteiger partial charge in [0.2, 0.25) is 0 Å². The highest BCUT2D eigenvalue weighted by atomic mass is 16.5. The van der Waals surface area contributed by atoms with E-state index in [0.29, 0.717) is 12.1 Å². The lowest BCUT2D eigenvalue weighted by Gasteiger charge is -2.18. The fourth-order valence-corrected chi connectivity index (χ4v) is 5.42. The SMILES string of the molecule is COc1ccc(CN2C(=O)C(=C(c3ccccc3)c3ccc(OC)cc3)c3cc(-c4ccc(OC)cc4)ccc32)cc1. The number of carbonyl (C=O) groups excluding carboxylic acids is 1. The minimum atomic E-state index is -0.0395. The Hall–Kier alpha value is -5.29. The van der Waals surface area contributed by atoms with Gasteiger partial charge in [0, 0.05) is 11.1 Å². The van der Waals surface area contributed by atoms with Gasteiger partial charge in [-0.3, -0.25) is 4.79 Å². The molecule has 0 spiro atoms. The standard InChI is InChI=1S/C37H31NO4/c1-40-30-16-9-25(10-17-30)24-38-34-22-15-29(26-11-18-31(41-2)19-12-26)23-33(34)36(37(38)39)35(27-7-5-4-6-8-27)28-13-20-32(42-3)21-14-28/h4-23H,24H2,1-3H3. The van der Waals surface area contributed by atoms with Crippen LogP contribution in [-0.2, 0) is 11.3 Å². The van der Waals surface area contributed by atoms with E-state index in [2.05, 4.69) is 30.3 Å². The van der Waals surface area contributed by atoms with Crippen molar-refractivity contribution < 1.29 is 19.0 Å². The third kappa shape index (κ3) is 5.13. The molecule has 0 radical (unpaired) electrons. The van der Waals surface area contributed by atoms with Crippen molar-refractivity contribution in [1.29, 1.82) is 0 Å². The molecule has 0 saturated carbocycles. The lowest BCUT2D eigenvalue weighted by molar-refractivity contribution is -0.113. The van der Waals surface area contributed by atoms with Gasteiger partial charge in [0.05, 0.1) is 39.1 Å². The Morgan fingerprint density at radius 1 is 0.595 bits per heavy atom. The van der Waals surface area contributed by atoms with E-state index in [1.165, 1.54) is 0 Å². The van der Waals surface area contributed by atoms with E-state index >= 15 is 0 Å². The van der Waals surface area contributed by atoms with Crippen LogP contribution in [0.2, 0.25) is 0 Å². The largest absolute Gasteiger partial charge is 0.497 e. The molecule has 0 atom stereocenters. The number of nitrogens with zero attached hydrogens (tertiary/aromatic N) is 1. The number of ether oxygens (including phenoxy) is 3. The molecule has 208 valence electrons. The second-order valence-electron chi connectivity index (χ2n) is 10.0. The number of rotatable bonds is 8. The topological polar surface area (TPSA) is 48.0 Å². The molecule has 42 heavy (non-hydrogen) atoms. The fourth-order valence-electron chi connectivity index (χ4n) is 5.42. The summed E-state index contributed by atoms with van der Waals surface area (Å²) in [5.41, 5.74) is 8.33. The monoisotopic (exact) mass is 553 g/mol. The second kappa shape index (κ2) is 11.7. The van der Waals surface area contributed by atoms with Gasteiger partial charge in [0.1, 0.15) is 17.2 Å². The Bertz CT molecular complexity index is 1740. The van der Waals surface area contributed by atoms with Gasteiger partial charge in [-0.15, -0.1) is 0 Å². The van der Waals surface area contributed by atoms with Crippen LogP contribution in [0.15, 0.2) is 121 Å². The van der Waals surface area contributed by atoms with Crippen molar-refractivity contribution in [2.75, 3.05) is 26.2 Å². The summed E-state index contributed by atoms with van der Waals surface area (Å²) in [6.45, 7) is 0.436. The van der Waals surface area contributed by atoms with Crippen LogP contribution in [0.25, 0.3) is 22.3 Å². The highest BCUT2D eigenvalue weighted by Gasteiger charge is 2.35. The molecule has 5 nitrogen and oxygen atoms in total. The highest BCUT2D eigenvalue weighted by Crippen LogP contribution is 2.45. The summed E-state index contributed by atoms with van der Waals surface area (Å²) in [6, 6.07) is 40.1. The van der Waals surface area contributed by atoms with Crippen molar-refractivity contribution in [3.63, 3.8) is 0 Å². The van der Waals surface area contributed by atoms with Gasteiger partial charge in [-0.05, 0) is 76.3 Å². The van der Waals surface area contributed by atoms with Crippen LogP contribution >= 0.6 is 0 Å². The number of benzene rings is 5. The number of hydrogen-bond acceptors (Lipinski definition) is 4. The predicted molar refractivity (Wildman–Crippen MR) is 168 cm³/mol. The number of anilines is 1. The molecule has 5 heteroatoms. The van der Waals surface area contributed by atoms with Gasteiger partial charge in [-0.1, -0.05) is 72.8 Å². The summed E-state index contributed by atoms with van der Waals surface area (Å²) in [4.78, 5) is 16.4. The first kappa shape index (κ1) is 26.9. The van der Waals surface area contributed by atoms with E-state index in [1.54, 1.807) is 21.3 Å². The van der Waals surface area contributed by atoms with Gasteiger partial charge in [-0.25, -0.2) is 0 Å². The molecule has 0 fully saturated rings. The lowest BCUT2D eigenvalue weighted by Crippen LogP contribution is -2.26. The molecule has 1 amide bonds. The summed E-state index contributed by atoms with van der Waals surface area (Å²) in [7, 11) is 4.96. The number of amides is 1. The number of carbonyl (C=O) groups is 1. The smallest absolute Gasteiger partial charge is 0.259 e. The average molecular weight is 554 g/mol. The lowest BCUT2D eigenvalue weighted by atomic mass is 9.89. The zero-order valence-corrected chi connectivity index (χ0v) is 23.8. The summed E-state index contributed by atoms with van der Waals surface area (Å²) in [5, 5.41) is 0. The average Bonchev–Trinajstić information content (AvgIpc) is 3.32. The van der Waals surface area contributed by atoms with Crippen LogP contribution in [-0.4, -0.2) is 27.2 Å². The van der Waals surface area contributed by atoms with Gasteiger partial charge in [0.15, 0.2) is 0 Å². The first-order chi connectivity index (χ1) is 20.6. The van der Waals surface area contributed by atoms with Crippen LogP contribution in [0.1, 0.15) is 22.3 Å². The van der Waals surface area contributed by atoms with Gasteiger partial charge < -0.3 is 19.1 Å². The van der Waals surface area contributed by atoms with E-state index in [4.69, 9.17) is 14.2 Å². The maximum absolute atomic E-state index is 14.5. The third-order valence-corrected chi connectivity index (χ3v) is 7.63. The number of fused-ring (bicyclic) bond motifs is 1. The van der Waals surface area contributed by atoms with Gasteiger partial charge in [-0.2, -0.15) is 0 Å². The number of hydrogen-bond donors (Lipinski definition) is 0.